The maximum Gasteiger partial charge on any atom is 0.337 e. The number of carboxylic acid groups (broad SMARTS) is 1. The van der Waals surface area contributed by atoms with Crippen LogP contribution in [0, 0.1) is 6.92 Å². The minimum atomic E-state index is -0.971. The summed E-state index contributed by atoms with van der Waals surface area (Å²) in [5, 5.41) is 16.3. The van der Waals surface area contributed by atoms with Crippen molar-refractivity contribution in [3.8, 4) is 0 Å². The number of rotatable bonds is 3. The summed E-state index contributed by atoms with van der Waals surface area (Å²) in [6.07, 6.45) is 1.51. The Kier molecular flexibility index (Phi) is 2.78. The van der Waals surface area contributed by atoms with E-state index in [0.29, 0.717) is 22.9 Å². The Morgan fingerprint density at radius 3 is 2.88 bits per heavy atom. The van der Waals surface area contributed by atoms with Gasteiger partial charge >= 0.3 is 5.97 Å². The molecule has 6 nitrogen and oxygen atoms in total. The van der Waals surface area contributed by atoms with E-state index in [0.717, 1.165) is 0 Å². The van der Waals surface area contributed by atoms with Crippen LogP contribution in [-0.2, 0) is 6.54 Å². The molecule has 0 radical (unpaired) electrons. The minimum absolute atomic E-state index is 0.211. The third kappa shape index (κ3) is 2.13. The largest absolute Gasteiger partial charge is 0.478 e. The first-order chi connectivity index (χ1) is 7.56. The fraction of sp³-hybridized carbons (Fsp3) is 0.222. The fourth-order valence-electron chi connectivity index (χ4n) is 1.26. The second-order valence-corrected chi connectivity index (χ2v) is 4.01. The molecule has 84 valence electrons. The number of carboxylic acids is 1. The Morgan fingerprint density at radius 1 is 1.62 bits per heavy atom. The SMILES string of the molecule is Cc1nnc(Cn2cc(C(=O)O)cc2Br)o1. The lowest BCUT2D eigenvalue weighted by Crippen LogP contribution is -1.99. The Hall–Kier alpha value is -1.63. The number of nitrogens with zero attached hydrogens (tertiary/aromatic N) is 3. The Labute approximate surface area is 99.0 Å². The third-order valence-electron chi connectivity index (χ3n) is 1.96. The van der Waals surface area contributed by atoms with Gasteiger partial charge in [0.2, 0.25) is 11.8 Å². The summed E-state index contributed by atoms with van der Waals surface area (Å²) in [4.78, 5) is 10.7. The Balaban J connectivity index is 2.24. The van der Waals surface area contributed by atoms with E-state index in [9.17, 15) is 4.79 Å². The molecule has 7 heteroatoms. The maximum absolute atomic E-state index is 10.7. The number of hydrogen-bond acceptors (Lipinski definition) is 4. The van der Waals surface area contributed by atoms with Crippen molar-refractivity contribution in [2.45, 2.75) is 13.5 Å². The molecule has 2 aromatic rings. The van der Waals surface area contributed by atoms with Crippen molar-refractivity contribution in [3.05, 3.63) is 34.2 Å². The van der Waals surface area contributed by atoms with Gasteiger partial charge in [0.15, 0.2) is 0 Å². The molecule has 0 saturated carbocycles. The van der Waals surface area contributed by atoms with E-state index < -0.39 is 5.97 Å². The van der Waals surface area contributed by atoms with Crippen LogP contribution in [-0.4, -0.2) is 25.8 Å². The van der Waals surface area contributed by atoms with Gasteiger partial charge in [-0.1, -0.05) is 0 Å². The second-order valence-electron chi connectivity index (χ2n) is 3.20. The Morgan fingerprint density at radius 2 is 2.38 bits per heavy atom. The summed E-state index contributed by atoms with van der Waals surface area (Å²) >= 11 is 3.26. The molecule has 0 aromatic carbocycles. The summed E-state index contributed by atoms with van der Waals surface area (Å²) in [5.41, 5.74) is 0.211. The van der Waals surface area contributed by atoms with E-state index >= 15 is 0 Å². The summed E-state index contributed by atoms with van der Waals surface area (Å²) in [6.45, 7) is 2.04. The van der Waals surface area contributed by atoms with Gasteiger partial charge in [-0.3, -0.25) is 0 Å². The standard InChI is InChI=1S/C9H8BrN3O3/c1-5-11-12-8(16-5)4-13-3-6(9(14)15)2-7(13)10/h2-3H,4H2,1H3,(H,14,15). The van der Waals surface area contributed by atoms with Crippen molar-refractivity contribution in [3.63, 3.8) is 0 Å². The van der Waals surface area contributed by atoms with E-state index in [-0.39, 0.29) is 5.56 Å². The highest BCUT2D eigenvalue weighted by Crippen LogP contribution is 2.16. The van der Waals surface area contributed by atoms with E-state index in [2.05, 4.69) is 26.1 Å². The summed E-state index contributed by atoms with van der Waals surface area (Å²) < 4.78 is 7.53. The van der Waals surface area contributed by atoms with Gasteiger partial charge in [0.1, 0.15) is 6.54 Å². The van der Waals surface area contributed by atoms with Gasteiger partial charge in [0.25, 0.3) is 0 Å². The molecule has 0 saturated heterocycles. The van der Waals surface area contributed by atoms with Crippen molar-refractivity contribution in [2.24, 2.45) is 0 Å². The second kappa shape index (κ2) is 4.09. The quantitative estimate of drug-likeness (QED) is 0.928. The fourth-order valence-corrected chi connectivity index (χ4v) is 1.74. The smallest absolute Gasteiger partial charge is 0.337 e. The monoisotopic (exact) mass is 285 g/mol. The first-order valence-corrected chi connectivity index (χ1v) is 5.23. The van der Waals surface area contributed by atoms with Crippen LogP contribution in [0.1, 0.15) is 22.1 Å². The van der Waals surface area contributed by atoms with Crippen LogP contribution in [0.2, 0.25) is 0 Å². The van der Waals surface area contributed by atoms with Gasteiger partial charge in [0.05, 0.1) is 10.2 Å². The normalized spacial score (nSPS) is 10.6. The van der Waals surface area contributed by atoms with Crippen LogP contribution in [0.5, 0.6) is 0 Å². The first kappa shape index (κ1) is 10.9. The number of carbonyl (C=O) groups is 1. The van der Waals surface area contributed by atoms with Crippen LogP contribution in [0.15, 0.2) is 21.3 Å². The average Bonchev–Trinajstić information content (AvgIpc) is 2.75. The van der Waals surface area contributed by atoms with Crippen molar-refractivity contribution >= 4 is 21.9 Å². The van der Waals surface area contributed by atoms with Crippen LogP contribution >= 0.6 is 15.9 Å². The first-order valence-electron chi connectivity index (χ1n) is 4.44. The van der Waals surface area contributed by atoms with Gasteiger partial charge < -0.3 is 14.1 Å². The molecule has 0 amide bonds. The highest BCUT2D eigenvalue weighted by Gasteiger charge is 2.11. The number of aromatic carboxylic acids is 1. The molecule has 0 bridgehead atoms. The van der Waals surface area contributed by atoms with Gasteiger partial charge in [-0.2, -0.15) is 0 Å². The van der Waals surface area contributed by atoms with Gasteiger partial charge in [-0.05, 0) is 22.0 Å². The predicted octanol–water partition coefficient (Wildman–Crippen LogP) is 1.69. The lowest BCUT2D eigenvalue weighted by molar-refractivity contribution is 0.0697. The molecule has 0 unspecified atom stereocenters. The molecule has 0 fully saturated rings. The van der Waals surface area contributed by atoms with E-state index in [1.807, 2.05) is 0 Å². The zero-order valence-corrected chi connectivity index (χ0v) is 9.93. The average molecular weight is 286 g/mol. The van der Waals surface area contributed by atoms with Crippen LogP contribution < -0.4 is 0 Å². The molecule has 0 aliphatic rings. The predicted molar refractivity (Wildman–Crippen MR) is 57.2 cm³/mol. The zero-order valence-electron chi connectivity index (χ0n) is 8.35. The van der Waals surface area contributed by atoms with Crippen molar-refractivity contribution < 1.29 is 14.3 Å². The number of halogens is 1. The highest BCUT2D eigenvalue weighted by molar-refractivity contribution is 9.10. The number of aryl methyl sites for hydroxylation is 1. The molecular formula is C9H8BrN3O3. The van der Waals surface area contributed by atoms with Gasteiger partial charge in [-0.25, -0.2) is 4.79 Å². The Bertz CT molecular complexity index is 532. The van der Waals surface area contributed by atoms with E-state index in [1.165, 1.54) is 12.3 Å². The zero-order chi connectivity index (χ0) is 11.7. The molecule has 1 N–H and O–H groups in total. The number of hydrogen-bond donors (Lipinski definition) is 1. The topological polar surface area (TPSA) is 81.2 Å². The van der Waals surface area contributed by atoms with Crippen LogP contribution in [0.4, 0.5) is 0 Å². The molecule has 0 aliphatic heterocycles. The lowest BCUT2D eigenvalue weighted by Gasteiger charge is -1.99. The summed E-state index contributed by atoms with van der Waals surface area (Å²) in [7, 11) is 0. The van der Waals surface area contributed by atoms with E-state index in [4.69, 9.17) is 9.52 Å². The lowest BCUT2D eigenvalue weighted by atomic mass is 10.4. The molecule has 2 rings (SSSR count). The summed E-state index contributed by atoms with van der Waals surface area (Å²) in [6, 6.07) is 1.52. The van der Waals surface area contributed by atoms with Crippen molar-refractivity contribution in [2.75, 3.05) is 0 Å². The minimum Gasteiger partial charge on any atom is -0.478 e. The van der Waals surface area contributed by atoms with E-state index in [1.54, 1.807) is 11.5 Å². The highest BCUT2D eigenvalue weighted by atomic mass is 79.9. The molecule has 0 spiro atoms. The van der Waals surface area contributed by atoms with Crippen LogP contribution in [0.25, 0.3) is 0 Å². The molecule has 16 heavy (non-hydrogen) atoms. The maximum atomic E-state index is 10.7. The van der Waals surface area contributed by atoms with Gasteiger partial charge in [0, 0.05) is 13.1 Å². The molecule has 0 atom stereocenters. The molecule has 2 heterocycles. The third-order valence-corrected chi connectivity index (χ3v) is 2.65. The molecular weight excluding hydrogens is 278 g/mol. The molecule has 2 aromatic heterocycles. The van der Waals surface area contributed by atoms with Crippen molar-refractivity contribution in [1.82, 2.24) is 14.8 Å². The summed E-state index contributed by atoms with van der Waals surface area (Å²) in [5.74, 6) is -0.0522. The van der Waals surface area contributed by atoms with Crippen LogP contribution in [0.3, 0.4) is 0 Å². The van der Waals surface area contributed by atoms with Crippen molar-refractivity contribution in [1.29, 1.82) is 0 Å². The number of aromatic nitrogens is 3. The van der Waals surface area contributed by atoms with Gasteiger partial charge in [-0.15, -0.1) is 10.2 Å². The molecule has 0 aliphatic carbocycles.